The van der Waals surface area contributed by atoms with E-state index in [1.807, 2.05) is 0 Å². The largest absolute Gasteiger partial charge is 0.463 e. The number of aliphatic hydroxyl groups excluding tert-OH is 1. The fraction of sp³-hybridized carbons (Fsp3) is 0.846. The van der Waals surface area contributed by atoms with Crippen molar-refractivity contribution in [2.24, 2.45) is 0 Å². The minimum Gasteiger partial charge on any atom is -0.463 e. The number of hydrogen-bond acceptors (Lipinski definition) is 5. The van der Waals surface area contributed by atoms with Gasteiger partial charge in [0.25, 0.3) is 0 Å². The third kappa shape index (κ3) is 34.9. The van der Waals surface area contributed by atoms with Gasteiger partial charge in [-0.25, -0.2) is 0 Å². The minimum absolute atomic E-state index is 0.117. The standard InChI is InChI=1S/C39H72O5/c1-3-5-7-9-11-13-15-17-19-21-23-25-27-29-31-33-38(41)43-35-37(40)36-44-39(42)34-32-30-28-26-24-22-20-18-16-14-12-10-8-6-4-2/h11,13,17,19,37,40H,3-10,12,14-16,18,20-36H2,1-2H3/b13-11+,19-17-. The van der Waals surface area contributed by atoms with E-state index < -0.39 is 6.10 Å². The second kappa shape index (κ2) is 35.9. The van der Waals surface area contributed by atoms with Crippen molar-refractivity contribution < 1.29 is 24.2 Å². The van der Waals surface area contributed by atoms with Crippen LogP contribution in [0.2, 0.25) is 0 Å². The van der Waals surface area contributed by atoms with Gasteiger partial charge in [0.15, 0.2) is 0 Å². The monoisotopic (exact) mass is 621 g/mol. The highest BCUT2D eigenvalue weighted by atomic mass is 16.6. The first-order valence-corrected chi connectivity index (χ1v) is 18.9. The van der Waals surface area contributed by atoms with E-state index in [4.69, 9.17) is 9.47 Å². The molecule has 0 aliphatic rings. The zero-order valence-corrected chi connectivity index (χ0v) is 29.2. The minimum atomic E-state index is -0.964. The van der Waals surface area contributed by atoms with Gasteiger partial charge < -0.3 is 14.6 Å². The van der Waals surface area contributed by atoms with E-state index >= 15 is 0 Å². The molecular formula is C39H72O5. The van der Waals surface area contributed by atoms with Crippen molar-refractivity contribution in [3.63, 3.8) is 0 Å². The first kappa shape index (κ1) is 42.4. The van der Waals surface area contributed by atoms with Crippen LogP contribution in [-0.4, -0.2) is 36.4 Å². The molecule has 5 heteroatoms. The molecule has 0 spiro atoms. The van der Waals surface area contributed by atoms with E-state index in [1.165, 1.54) is 116 Å². The topological polar surface area (TPSA) is 72.8 Å². The average molecular weight is 621 g/mol. The Bertz CT molecular complexity index is 671. The lowest BCUT2D eigenvalue weighted by atomic mass is 10.0. The van der Waals surface area contributed by atoms with Crippen LogP contribution >= 0.6 is 0 Å². The second-order valence-corrected chi connectivity index (χ2v) is 12.7. The van der Waals surface area contributed by atoms with Gasteiger partial charge in [-0.15, -0.1) is 0 Å². The van der Waals surface area contributed by atoms with Crippen LogP contribution in [0.1, 0.15) is 194 Å². The Labute approximate surface area is 273 Å². The molecule has 0 saturated heterocycles. The number of aliphatic hydroxyl groups is 1. The van der Waals surface area contributed by atoms with E-state index in [-0.39, 0.29) is 25.2 Å². The molecule has 1 unspecified atom stereocenters. The molecule has 0 aliphatic heterocycles. The summed E-state index contributed by atoms with van der Waals surface area (Å²) in [5, 5.41) is 9.99. The van der Waals surface area contributed by atoms with Crippen LogP contribution in [0.15, 0.2) is 24.3 Å². The van der Waals surface area contributed by atoms with Crippen molar-refractivity contribution in [1.29, 1.82) is 0 Å². The van der Waals surface area contributed by atoms with Crippen LogP contribution in [-0.2, 0) is 19.1 Å². The van der Waals surface area contributed by atoms with Crippen LogP contribution in [0.5, 0.6) is 0 Å². The smallest absolute Gasteiger partial charge is 0.305 e. The molecule has 0 bridgehead atoms. The summed E-state index contributed by atoms with van der Waals surface area (Å²) in [4.78, 5) is 23.9. The first-order valence-electron chi connectivity index (χ1n) is 18.9. The fourth-order valence-corrected chi connectivity index (χ4v) is 5.29. The molecule has 5 nitrogen and oxygen atoms in total. The average Bonchev–Trinajstić information content (AvgIpc) is 3.02. The van der Waals surface area contributed by atoms with Crippen LogP contribution < -0.4 is 0 Å². The zero-order chi connectivity index (χ0) is 32.2. The number of carbonyl (C=O) groups is 2. The Morgan fingerprint density at radius 1 is 0.477 bits per heavy atom. The molecule has 0 aromatic rings. The molecule has 0 rings (SSSR count). The van der Waals surface area contributed by atoms with E-state index in [0.717, 1.165) is 51.4 Å². The van der Waals surface area contributed by atoms with Crippen molar-refractivity contribution in [2.45, 2.75) is 200 Å². The van der Waals surface area contributed by atoms with Crippen LogP contribution in [0.25, 0.3) is 0 Å². The summed E-state index contributed by atoms with van der Waals surface area (Å²) in [5.41, 5.74) is 0. The van der Waals surface area contributed by atoms with Crippen molar-refractivity contribution >= 4 is 11.9 Å². The molecule has 258 valence electrons. The Morgan fingerprint density at radius 3 is 1.20 bits per heavy atom. The van der Waals surface area contributed by atoms with Crippen molar-refractivity contribution in [1.82, 2.24) is 0 Å². The summed E-state index contributed by atoms with van der Waals surface area (Å²) in [6, 6.07) is 0. The van der Waals surface area contributed by atoms with Crippen molar-refractivity contribution in [3.05, 3.63) is 24.3 Å². The predicted octanol–water partition coefficient (Wildman–Crippen LogP) is 11.5. The zero-order valence-electron chi connectivity index (χ0n) is 29.2. The highest BCUT2D eigenvalue weighted by Gasteiger charge is 2.12. The summed E-state index contributed by atoms with van der Waals surface area (Å²) >= 11 is 0. The van der Waals surface area contributed by atoms with Gasteiger partial charge in [-0.05, 0) is 44.9 Å². The van der Waals surface area contributed by atoms with Gasteiger partial charge in [0, 0.05) is 12.8 Å². The maximum atomic E-state index is 11.9. The molecule has 0 amide bonds. The number of rotatable bonds is 34. The van der Waals surface area contributed by atoms with Crippen molar-refractivity contribution in [2.75, 3.05) is 13.2 Å². The van der Waals surface area contributed by atoms with Crippen LogP contribution in [0.4, 0.5) is 0 Å². The summed E-state index contributed by atoms with van der Waals surface area (Å²) in [7, 11) is 0. The molecule has 0 aromatic heterocycles. The number of carbonyl (C=O) groups excluding carboxylic acids is 2. The maximum absolute atomic E-state index is 11.9. The van der Waals surface area contributed by atoms with Gasteiger partial charge in [-0.3, -0.25) is 9.59 Å². The van der Waals surface area contributed by atoms with Crippen LogP contribution in [0.3, 0.4) is 0 Å². The van der Waals surface area contributed by atoms with Gasteiger partial charge in [0.1, 0.15) is 19.3 Å². The third-order valence-electron chi connectivity index (χ3n) is 8.19. The number of ether oxygens (including phenoxy) is 2. The second-order valence-electron chi connectivity index (χ2n) is 12.7. The number of unbranched alkanes of at least 4 members (excludes halogenated alkanes) is 22. The fourth-order valence-electron chi connectivity index (χ4n) is 5.29. The Balaban J connectivity index is 3.44. The Morgan fingerprint density at radius 2 is 0.795 bits per heavy atom. The van der Waals surface area contributed by atoms with Gasteiger partial charge in [-0.2, -0.15) is 0 Å². The van der Waals surface area contributed by atoms with E-state index in [1.54, 1.807) is 0 Å². The van der Waals surface area contributed by atoms with Crippen molar-refractivity contribution in [3.8, 4) is 0 Å². The number of allylic oxidation sites excluding steroid dienone is 4. The molecule has 1 N–H and O–H groups in total. The lowest BCUT2D eigenvalue weighted by molar-refractivity contribution is -0.152. The quantitative estimate of drug-likeness (QED) is 0.0440. The normalized spacial score (nSPS) is 12.3. The molecule has 44 heavy (non-hydrogen) atoms. The van der Waals surface area contributed by atoms with Crippen LogP contribution in [0, 0.1) is 0 Å². The Hall–Kier alpha value is -1.62. The molecule has 0 aromatic carbocycles. The van der Waals surface area contributed by atoms with E-state index in [0.29, 0.717) is 12.8 Å². The number of hydrogen-bond donors (Lipinski definition) is 1. The molecule has 0 fully saturated rings. The highest BCUT2D eigenvalue weighted by Crippen LogP contribution is 2.14. The maximum Gasteiger partial charge on any atom is 0.305 e. The molecular weight excluding hydrogens is 548 g/mol. The lowest BCUT2D eigenvalue weighted by Gasteiger charge is -2.12. The van der Waals surface area contributed by atoms with E-state index in [9.17, 15) is 14.7 Å². The molecule has 0 aliphatic carbocycles. The Kier molecular flexibility index (Phi) is 34.5. The SMILES string of the molecule is CCCCC/C=C/C/C=C\CCCCCCCC(=O)OCC(O)COC(=O)CCCCCCCCCCCCCCCCC. The predicted molar refractivity (Wildman–Crippen MR) is 187 cm³/mol. The van der Waals surface area contributed by atoms with Gasteiger partial charge in [-0.1, -0.05) is 160 Å². The molecule has 1 atom stereocenters. The van der Waals surface area contributed by atoms with Gasteiger partial charge >= 0.3 is 11.9 Å². The van der Waals surface area contributed by atoms with E-state index in [2.05, 4.69) is 38.2 Å². The molecule has 0 radical (unpaired) electrons. The summed E-state index contributed by atoms with van der Waals surface area (Å²) < 4.78 is 10.3. The lowest BCUT2D eigenvalue weighted by Crippen LogP contribution is -2.25. The third-order valence-corrected chi connectivity index (χ3v) is 8.19. The summed E-state index contributed by atoms with van der Waals surface area (Å²) in [5.74, 6) is -0.575. The highest BCUT2D eigenvalue weighted by molar-refractivity contribution is 5.69. The molecule has 0 saturated carbocycles. The summed E-state index contributed by atoms with van der Waals surface area (Å²) in [6.07, 6.45) is 40.8. The van der Waals surface area contributed by atoms with Gasteiger partial charge in [0.05, 0.1) is 0 Å². The molecule has 0 heterocycles. The van der Waals surface area contributed by atoms with Gasteiger partial charge in [0.2, 0.25) is 0 Å². The first-order chi connectivity index (χ1) is 21.6. The number of esters is 2. The summed E-state index contributed by atoms with van der Waals surface area (Å²) in [6.45, 7) is 4.27.